The highest BCUT2D eigenvalue weighted by atomic mass is 16.6. The van der Waals surface area contributed by atoms with Crippen LogP contribution < -0.4 is 5.73 Å². The normalized spacial score (nSPS) is 15.5. The zero-order chi connectivity index (χ0) is 20.3. The van der Waals surface area contributed by atoms with Crippen molar-refractivity contribution in [2.45, 2.75) is 32.9 Å². The first-order chi connectivity index (χ1) is 13.2. The Hall–Kier alpha value is -2.94. The van der Waals surface area contributed by atoms with Crippen LogP contribution in [-0.2, 0) is 11.3 Å². The summed E-state index contributed by atoms with van der Waals surface area (Å²) in [6.07, 6.45) is -0.265. The quantitative estimate of drug-likeness (QED) is 0.825. The van der Waals surface area contributed by atoms with Crippen LogP contribution in [0.4, 0.5) is 4.79 Å². The van der Waals surface area contributed by atoms with Crippen molar-refractivity contribution in [2.24, 2.45) is 5.73 Å². The number of aromatic nitrogens is 3. The van der Waals surface area contributed by atoms with Crippen LogP contribution in [0.5, 0.6) is 0 Å². The van der Waals surface area contributed by atoms with E-state index in [1.807, 2.05) is 45.0 Å². The van der Waals surface area contributed by atoms with Gasteiger partial charge in [0, 0.05) is 38.3 Å². The van der Waals surface area contributed by atoms with Gasteiger partial charge in [-0.05, 0) is 32.4 Å². The van der Waals surface area contributed by atoms with Crippen molar-refractivity contribution >= 4 is 12.0 Å². The van der Waals surface area contributed by atoms with Crippen LogP contribution in [0.25, 0.3) is 11.3 Å². The summed E-state index contributed by atoms with van der Waals surface area (Å²) in [6, 6.07) is 7.79. The molecule has 1 aromatic carbocycles. The van der Waals surface area contributed by atoms with Crippen molar-refractivity contribution in [3.63, 3.8) is 0 Å². The Balaban J connectivity index is 1.61. The average Bonchev–Trinajstić information content (AvgIpc) is 3.11. The molecule has 0 aliphatic carbocycles. The molecular weight excluding hydrogens is 360 g/mol. The lowest BCUT2D eigenvalue weighted by molar-refractivity contribution is 0.0139. The van der Waals surface area contributed by atoms with Gasteiger partial charge < -0.3 is 15.4 Å². The van der Waals surface area contributed by atoms with Crippen molar-refractivity contribution in [3.05, 3.63) is 35.5 Å². The summed E-state index contributed by atoms with van der Waals surface area (Å²) < 4.78 is 5.43. The Labute approximate surface area is 163 Å². The van der Waals surface area contributed by atoms with Crippen LogP contribution in [0.2, 0.25) is 0 Å². The topological polar surface area (TPSA) is 117 Å². The van der Waals surface area contributed by atoms with Crippen LogP contribution >= 0.6 is 0 Å². The standard InChI is InChI=1S/C19H26N6O3/c1-19(2,3)28-18(27)25-9-7-24(8-10-25)12-13-5-4-6-14(11-13)15-16(17(20)26)22-23-21-15/h4-6,11H,7-10,12H2,1-3H3,(H2,20,26)(H,21,22,23). The van der Waals surface area contributed by atoms with E-state index in [2.05, 4.69) is 20.3 Å². The number of hydrogen-bond acceptors (Lipinski definition) is 6. The second-order valence-corrected chi connectivity index (χ2v) is 7.83. The number of piperazine rings is 1. The fourth-order valence-corrected chi connectivity index (χ4v) is 3.09. The average molecular weight is 386 g/mol. The van der Waals surface area contributed by atoms with Gasteiger partial charge in [0.15, 0.2) is 5.69 Å². The summed E-state index contributed by atoms with van der Waals surface area (Å²) in [5.41, 5.74) is 7.31. The number of primary amides is 1. The molecule has 0 saturated carbocycles. The van der Waals surface area contributed by atoms with E-state index in [1.165, 1.54) is 0 Å². The lowest BCUT2D eigenvalue weighted by Crippen LogP contribution is -2.49. The molecule has 0 unspecified atom stereocenters. The lowest BCUT2D eigenvalue weighted by atomic mass is 10.1. The molecule has 1 aliphatic rings. The minimum Gasteiger partial charge on any atom is -0.444 e. The predicted octanol–water partition coefficient (Wildman–Crippen LogP) is 1.62. The molecule has 1 saturated heterocycles. The monoisotopic (exact) mass is 386 g/mol. The first-order valence-electron chi connectivity index (χ1n) is 9.23. The van der Waals surface area contributed by atoms with Crippen molar-refractivity contribution in [1.29, 1.82) is 0 Å². The van der Waals surface area contributed by atoms with E-state index in [9.17, 15) is 9.59 Å². The molecule has 2 amide bonds. The molecule has 1 fully saturated rings. The maximum absolute atomic E-state index is 12.2. The molecule has 1 aliphatic heterocycles. The van der Waals surface area contributed by atoms with Crippen molar-refractivity contribution in [2.75, 3.05) is 26.2 Å². The number of aromatic amines is 1. The van der Waals surface area contributed by atoms with Gasteiger partial charge in [0.2, 0.25) is 0 Å². The number of amides is 2. The smallest absolute Gasteiger partial charge is 0.410 e. The summed E-state index contributed by atoms with van der Waals surface area (Å²) in [7, 11) is 0. The number of nitrogens with two attached hydrogens (primary N) is 1. The minimum absolute atomic E-state index is 0.128. The molecule has 9 nitrogen and oxygen atoms in total. The predicted molar refractivity (Wildman–Crippen MR) is 103 cm³/mol. The van der Waals surface area contributed by atoms with Crippen LogP contribution in [0.1, 0.15) is 36.8 Å². The zero-order valence-electron chi connectivity index (χ0n) is 16.4. The molecule has 2 aromatic rings. The second-order valence-electron chi connectivity index (χ2n) is 7.83. The summed E-state index contributed by atoms with van der Waals surface area (Å²) in [6.45, 7) is 9.12. The van der Waals surface area contributed by atoms with E-state index in [0.29, 0.717) is 18.8 Å². The third-order valence-electron chi connectivity index (χ3n) is 4.41. The van der Waals surface area contributed by atoms with Gasteiger partial charge in [0.1, 0.15) is 11.3 Å². The zero-order valence-corrected chi connectivity index (χ0v) is 16.4. The third kappa shape index (κ3) is 4.86. The third-order valence-corrected chi connectivity index (χ3v) is 4.41. The second kappa shape index (κ2) is 7.97. The largest absolute Gasteiger partial charge is 0.444 e. The highest BCUT2D eigenvalue weighted by Crippen LogP contribution is 2.22. The van der Waals surface area contributed by atoms with E-state index in [1.54, 1.807) is 4.90 Å². The Morgan fingerprint density at radius 2 is 1.89 bits per heavy atom. The number of carbonyl (C=O) groups excluding carboxylic acids is 2. The van der Waals surface area contributed by atoms with E-state index < -0.39 is 11.5 Å². The number of H-pyrrole nitrogens is 1. The SMILES string of the molecule is CC(C)(C)OC(=O)N1CCN(Cc2cccc(-c3n[nH]nc3C(N)=O)c2)CC1. The molecule has 0 atom stereocenters. The van der Waals surface area contributed by atoms with Crippen LogP contribution in [0.15, 0.2) is 24.3 Å². The van der Waals surface area contributed by atoms with Crippen LogP contribution in [-0.4, -0.2) is 69.0 Å². The van der Waals surface area contributed by atoms with Gasteiger partial charge in [0.05, 0.1) is 0 Å². The van der Waals surface area contributed by atoms with Gasteiger partial charge in [-0.3, -0.25) is 9.69 Å². The molecule has 3 rings (SSSR count). The fraction of sp³-hybridized carbons (Fsp3) is 0.474. The number of carbonyl (C=O) groups is 2. The van der Waals surface area contributed by atoms with Gasteiger partial charge in [-0.1, -0.05) is 18.2 Å². The molecular formula is C19H26N6O3. The van der Waals surface area contributed by atoms with Gasteiger partial charge >= 0.3 is 6.09 Å². The first-order valence-corrected chi connectivity index (χ1v) is 9.23. The maximum Gasteiger partial charge on any atom is 0.410 e. The minimum atomic E-state index is -0.618. The van der Waals surface area contributed by atoms with E-state index in [-0.39, 0.29) is 11.8 Å². The highest BCUT2D eigenvalue weighted by Gasteiger charge is 2.26. The molecule has 28 heavy (non-hydrogen) atoms. The summed E-state index contributed by atoms with van der Waals surface area (Å²) in [5, 5.41) is 10.3. The number of nitrogens with zero attached hydrogens (tertiary/aromatic N) is 4. The molecule has 0 bridgehead atoms. The molecule has 9 heteroatoms. The molecule has 3 N–H and O–H groups in total. The fourth-order valence-electron chi connectivity index (χ4n) is 3.09. The van der Waals surface area contributed by atoms with Crippen LogP contribution in [0.3, 0.4) is 0 Å². The molecule has 1 aromatic heterocycles. The van der Waals surface area contributed by atoms with Crippen LogP contribution in [0, 0.1) is 0 Å². The van der Waals surface area contributed by atoms with Gasteiger partial charge in [-0.25, -0.2) is 4.79 Å². The Morgan fingerprint density at radius 3 is 2.54 bits per heavy atom. The van der Waals surface area contributed by atoms with Crippen molar-refractivity contribution < 1.29 is 14.3 Å². The molecule has 0 spiro atoms. The summed E-state index contributed by atoms with van der Waals surface area (Å²) in [5.74, 6) is -0.618. The summed E-state index contributed by atoms with van der Waals surface area (Å²) >= 11 is 0. The Kier molecular flexibility index (Phi) is 5.64. The summed E-state index contributed by atoms with van der Waals surface area (Å²) in [4.78, 5) is 27.7. The van der Waals surface area contributed by atoms with Crippen molar-refractivity contribution in [1.82, 2.24) is 25.2 Å². The lowest BCUT2D eigenvalue weighted by Gasteiger charge is -2.35. The number of benzene rings is 1. The number of hydrogen-bond donors (Lipinski definition) is 2. The molecule has 0 radical (unpaired) electrons. The van der Waals surface area contributed by atoms with Gasteiger partial charge in [-0.2, -0.15) is 15.4 Å². The number of nitrogens with one attached hydrogen (secondary N) is 1. The number of ether oxygens (including phenoxy) is 1. The van der Waals surface area contributed by atoms with E-state index >= 15 is 0 Å². The van der Waals surface area contributed by atoms with E-state index in [0.717, 1.165) is 30.8 Å². The highest BCUT2D eigenvalue weighted by molar-refractivity contribution is 5.96. The maximum atomic E-state index is 12.2. The first kappa shape index (κ1) is 19.8. The van der Waals surface area contributed by atoms with Gasteiger partial charge in [-0.15, -0.1) is 0 Å². The Bertz CT molecular complexity index is 849. The number of rotatable bonds is 4. The van der Waals surface area contributed by atoms with E-state index in [4.69, 9.17) is 10.5 Å². The van der Waals surface area contributed by atoms with Crippen molar-refractivity contribution in [3.8, 4) is 11.3 Å². The molecule has 2 heterocycles. The molecule has 150 valence electrons. The Morgan fingerprint density at radius 1 is 1.18 bits per heavy atom. The van der Waals surface area contributed by atoms with Gasteiger partial charge in [0.25, 0.3) is 5.91 Å².